The molecule has 2 rings (SSSR count). The Kier molecular flexibility index (Phi) is 6.97. The molecule has 0 amide bonds. The molecule has 0 saturated heterocycles. The Morgan fingerprint density at radius 1 is 1.06 bits per heavy atom. The van der Waals surface area contributed by atoms with Gasteiger partial charge in [0.05, 0.1) is 17.6 Å². The summed E-state index contributed by atoms with van der Waals surface area (Å²) in [7, 11) is -2.82. The van der Waals surface area contributed by atoms with Crippen LogP contribution < -0.4 is 14.2 Å². The lowest BCUT2D eigenvalue weighted by Gasteiger charge is -2.18. The SMILES string of the molecule is Cc1c(S(=O)(=O)Nc2cc(OCC(F)(F)F)cc(OCC(F)(F)C(F)F)c2)cnn1C. The molecule has 0 aliphatic carbocycles. The average molecular weight is 479 g/mol. The Hall–Kier alpha value is -2.71. The van der Waals surface area contributed by atoms with Gasteiger partial charge in [-0.3, -0.25) is 9.40 Å². The zero-order chi connectivity index (χ0) is 23.6. The van der Waals surface area contributed by atoms with Crippen LogP contribution in [0.3, 0.4) is 0 Å². The molecule has 0 spiro atoms. The van der Waals surface area contributed by atoms with Crippen molar-refractivity contribution in [1.82, 2.24) is 9.78 Å². The molecule has 0 fully saturated rings. The minimum absolute atomic E-state index is 0.227. The number of nitrogens with zero attached hydrogens (tertiary/aromatic N) is 2. The van der Waals surface area contributed by atoms with Crippen LogP contribution in [0.5, 0.6) is 11.5 Å². The Morgan fingerprint density at radius 3 is 2.06 bits per heavy atom. The molecule has 0 radical (unpaired) electrons. The van der Waals surface area contributed by atoms with Crippen LogP contribution >= 0.6 is 0 Å². The van der Waals surface area contributed by atoms with Gasteiger partial charge in [0.2, 0.25) is 0 Å². The summed E-state index contributed by atoms with van der Waals surface area (Å²) in [6.07, 6.45) is -7.79. The van der Waals surface area contributed by atoms with Crippen LogP contribution in [-0.4, -0.2) is 49.9 Å². The summed E-state index contributed by atoms with van der Waals surface area (Å²) in [5, 5.41) is 3.76. The van der Waals surface area contributed by atoms with Crippen molar-refractivity contribution in [2.75, 3.05) is 17.9 Å². The first-order valence-corrected chi connectivity index (χ1v) is 9.74. The van der Waals surface area contributed by atoms with E-state index in [-0.39, 0.29) is 10.6 Å². The fourth-order valence-electron chi connectivity index (χ4n) is 2.16. The zero-order valence-electron chi connectivity index (χ0n) is 15.9. The number of rotatable bonds is 9. The number of hydrogen-bond donors (Lipinski definition) is 1. The largest absolute Gasteiger partial charge is 0.487 e. The maximum absolute atomic E-state index is 13.1. The summed E-state index contributed by atoms with van der Waals surface area (Å²) < 4.78 is 125. The maximum Gasteiger partial charge on any atom is 0.422 e. The Morgan fingerprint density at radius 2 is 1.61 bits per heavy atom. The molecular weight excluding hydrogens is 463 g/mol. The third-order valence-corrected chi connectivity index (χ3v) is 5.25. The van der Waals surface area contributed by atoms with Gasteiger partial charge in [0.25, 0.3) is 10.0 Å². The molecule has 174 valence electrons. The van der Waals surface area contributed by atoms with Crippen molar-refractivity contribution in [3.05, 3.63) is 30.1 Å². The van der Waals surface area contributed by atoms with E-state index in [1.54, 1.807) is 0 Å². The number of alkyl halides is 7. The second-order valence-electron chi connectivity index (χ2n) is 6.27. The van der Waals surface area contributed by atoms with E-state index in [1.165, 1.54) is 18.7 Å². The van der Waals surface area contributed by atoms with Crippen LogP contribution in [0.4, 0.5) is 36.4 Å². The first kappa shape index (κ1) is 24.6. The fourth-order valence-corrected chi connectivity index (χ4v) is 3.40. The molecule has 0 saturated carbocycles. The lowest BCUT2D eigenvalue weighted by Crippen LogP contribution is -2.33. The van der Waals surface area contributed by atoms with E-state index in [1.807, 2.05) is 4.72 Å². The molecule has 1 N–H and O–H groups in total. The molecule has 0 bridgehead atoms. The Labute approximate surface area is 171 Å². The molecule has 0 aliphatic rings. The molecule has 1 heterocycles. The topological polar surface area (TPSA) is 82.5 Å². The molecule has 15 heteroatoms. The minimum atomic E-state index is -4.76. The highest BCUT2D eigenvalue weighted by Crippen LogP contribution is 2.31. The number of aromatic nitrogens is 2. The van der Waals surface area contributed by atoms with Crippen molar-refractivity contribution in [3.63, 3.8) is 0 Å². The summed E-state index contributed by atoms with van der Waals surface area (Å²) in [6.45, 7) is -2.15. The van der Waals surface area contributed by atoms with Crippen molar-refractivity contribution in [2.24, 2.45) is 7.05 Å². The van der Waals surface area contributed by atoms with Gasteiger partial charge >= 0.3 is 18.5 Å². The van der Waals surface area contributed by atoms with Crippen molar-refractivity contribution in [1.29, 1.82) is 0 Å². The van der Waals surface area contributed by atoms with Gasteiger partial charge in [-0.1, -0.05) is 0 Å². The van der Waals surface area contributed by atoms with Crippen molar-refractivity contribution in [2.45, 2.75) is 30.3 Å². The van der Waals surface area contributed by atoms with Gasteiger partial charge < -0.3 is 9.47 Å². The summed E-state index contributed by atoms with van der Waals surface area (Å²) >= 11 is 0. The molecule has 1 aromatic carbocycles. The number of benzene rings is 1. The predicted octanol–water partition coefficient (Wildman–Crippen LogP) is 3.75. The van der Waals surface area contributed by atoms with Gasteiger partial charge in [0, 0.05) is 25.2 Å². The summed E-state index contributed by atoms with van der Waals surface area (Å²) in [5.74, 6) is -5.77. The van der Waals surface area contributed by atoms with E-state index in [4.69, 9.17) is 0 Å². The highest BCUT2D eigenvalue weighted by molar-refractivity contribution is 7.92. The van der Waals surface area contributed by atoms with E-state index in [0.29, 0.717) is 0 Å². The standard InChI is InChI=1S/C16H16F7N3O4S/c1-9-13(6-24-26(9)2)31(27,28)25-10-3-11(29-7-15(19,20)14(17)18)5-12(4-10)30-8-16(21,22)23/h3-6,14,25H,7-8H2,1-2H3. The van der Waals surface area contributed by atoms with Crippen LogP contribution in [0.25, 0.3) is 0 Å². The molecule has 0 atom stereocenters. The van der Waals surface area contributed by atoms with Crippen molar-refractivity contribution >= 4 is 15.7 Å². The minimum Gasteiger partial charge on any atom is -0.487 e. The molecular formula is C16H16F7N3O4S. The first-order valence-electron chi connectivity index (χ1n) is 8.25. The average Bonchev–Trinajstić information content (AvgIpc) is 2.97. The van der Waals surface area contributed by atoms with Gasteiger partial charge in [-0.05, 0) is 6.92 Å². The van der Waals surface area contributed by atoms with E-state index in [2.05, 4.69) is 14.6 Å². The molecule has 0 aliphatic heterocycles. The molecule has 0 unspecified atom stereocenters. The maximum atomic E-state index is 13.1. The fraction of sp³-hybridized carbons (Fsp3) is 0.438. The second-order valence-corrected chi connectivity index (χ2v) is 7.92. The van der Waals surface area contributed by atoms with Gasteiger partial charge in [0.1, 0.15) is 16.4 Å². The molecule has 1 aromatic heterocycles. The number of sulfonamides is 1. The monoisotopic (exact) mass is 479 g/mol. The van der Waals surface area contributed by atoms with E-state index < -0.39 is 58.9 Å². The summed E-state index contributed by atoms with van der Waals surface area (Å²) in [6, 6.07) is 2.39. The number of nitrogens with one attached hydrogen (secondary N) is 1. The zero-order valence-corrected chi connectivity index (χ0v) is 16.7. The van der Waals surface area contributed by atoms with Crippen molar-refractivity contribution in [3.8, 4) is 11.5 Å². The number of halogens is 7. The predicted molar refractivity (Wildman–Crippen MR) is 93.2 cm³/mol. The quantitative estimate of drug-likeness (QED) is 0.554. The van der Waals surface area contributed by atoms with Gasteiger partial charge in [-0.2, -0.15) is 27.1 Å². The van der Waals surface area contributed by atoms with Crippen LogP contribution in [0.2, 0.25) is 0 Å². The highest BCUT2D eigenvalue weighted by atomic mass is 32.2. The second kappa shape index (κ2) is 8.80. The third kappa shape index (κ3) is 6.63. The van der Waals surface area contributed by atoms with Crippen molar-refractivity contribution < 1.29 is 48.6 Å². The molecule has 2 aromatic rings. The third-order valence-electron chi connectivity index (χ3n) is 3.77. The van der Waals surface area contributed by atoms with E-state index >= 15 is 0 Å². The summed E-state index contributed by atoms with van der Waals surface area (Å²) in [4.78, 5) is -0.261. The van der Waals surface area contributed by atoms with Crippen LogP contribution in [0.1, 0.15) is 5.69 Å². The van der Waals surface area contributed by atoms with E-state index in [0.717, 1.165) is 24.4 Å². The first-order chi connectivity index (χ1) is 14.1. The number of aryl methyl sites for hydroxylation is 1. The lowest BCUT2D eigenvalue weighted by atomic mass is 10.3. The number of ether oxygens (including phenoxy) is 2. The highest BCUT2D eigenvalue weighted by Gasteiger charge is 2.41. The lowest BCUT2D eigenvalue weighted by molar-refractivity contribution is -0.153. The van der Waals surface area contributed by atoms with Gasteiger partial charge in [-0.15, -0.1) is 0 Å². The van der Waals surface area contributed by atoms with E-state index in [9.17, 15) is 39.2 Å². The summed E-state index contributed by atoms with van der Waals surface area (Å²) in [5.41, 5.74) is -0.191. The van der Waals surface area contributed by atoms with Crippen LogP contribution in [0.15, 0.2) is 29.3 Å². The Balaban J connectivity index is 2.35. The van der Waals surface area contributed by atoms with Gasteiger partial charge in [-0.25, -0.2) is 17.2 Å². The van der Waals surface area contributed by atoms with Crippen LogP contribution in [-0.2, 0) is 17.1 Å². The van der Waals surface area contributed by atoms with Crippen LogP contribution in [0, 0.1) is 6.92 Å². The number of hydrogen-bond acceptors (Lipinski definition) is 5. The molecule has 7 nitrogen and oxygen atoms in total. The molecule has 31 heavy (non-hydrogen) atoms. The normalized spacial score (nSPS) is 12.8. The smallest absolute Gasteiger partial charge is 0.422 e. The Bertz CT molecular complexity index is 1020. The van der Waals surface area contributed by atoms with Gasteiger partial charge in [0.15, 0.2) is 13.2 Å². The number of anilines is 1.